The Balaban J connectivity index is 2.15. The molecule has 2 aromatic rings. The van der Waals surface area contributed by atoms with Crippen LogP contribution < -0.4 is 0 Å². The lowest BCUT2D eigenvalue weighted by molar-refractivity contribution is -0.385. The number of esters is 1. The number of ketones is 1. The van der Waals surface area contributed by atoms with Crippen molar-refractivity contribution in [1.82, 2.24) is 0 Å². The van der Waals surface area contributed by atoms with Gasteiger partial charge >= 0.3 is 5.97 Å². The van der Waals surface area contributed by atoms with Gasteiger partial charge in [0.05, 0.1) is 9.95 Å². The molecular formula is C16H12ClNO5. The van der Waals surface area contributed by atoms with E-state index in [-0.39, 0.29) is 21.8 Å². The molecule has 0 N–H and O–H groups in total. The number of carbonyl (C=O) groups excluding carboxylic acids is 2. The van der Waals surface area contributed by atoms with Gasteiger partial charge in [-0.05, 0) is 25.1 Å². The van der Waals surface area contributed by atoms with E-state index in [1.165, 1.54) is 31.2 Å². The molecule has 7 heteroatoms. The molecule has 0 saturated heterocycles. The molecule has 0 aromatic heterocycles. The van der Waals surface area contributed by atoms with Gasteiger partial charge in [0.25, 0.3) is 5.69 Å². The number of nitro groups is 1. The second-order valence-electron chi connectivity index (χ2n) is 4.71. The fraction of sp³-hybridized carbons (Fsp3) is 0.125. The first-order valence-electron chi connectivity index (χ1n) is 6.60. The highest BCUT2D eigenvalue weighted by Gasteiger charge is 2.24. The van der Waals surface area contributed by atoms with Crippen molar-refractivity contribution in [2.75, 3.05) is 6.61 Å². The number of aryl methyl sites for hydroxylation is 1. The summed E-state index contributed by atoms with van der Waals surface area (Å²) in [5.74, 6) is -1.42. The van der Waals surface area contributed by atoms with E-state index in [1.807, 2.05) is 0 Å². The minimum Gasteiger partial charge on any atom is -0.454 e. The molecular weight excluding hydrogens is 322 g/mol. The van der Waals surface area contributed by atoms with E-state index < -0.39 is 23.3 Å². The third-order valence-electron chi connectivity index (χ3n) is 3.15. The monoisotopic (exact) mass is 333 g/mol. The summed E-state index contributed by atoms with van der Waals surface area (Å²) < 4.78 is 4.89. The molecule has 0 aliphatic heterocycles. The molecule has 2 rings (SSSR count). The molecule has 0 spiro atoms. The number of nitrogens with zero attached hydrogens (tertiary/aromatic N) is 1. The Morgan fingerprint density at radius 2 is 1.78 bits per heavy atom. The summed E-state index contributed by atoms with van der Waals surface area (Å²) >= 11 is 5.89. The Morgan fingerprint density at radius 3 is 2.43 bits per heavy atom. The van der Waals surface area contributed by atoms with Gasteiger partial charge in [-0.2, -0.15) is 0 Å². The molecule has 6 nitrogen and oxygen atoms in total. The maximum Gasteiger partial charge on any atom is 0.345 e. The van der Waals surface area contributed by atoms with Gasteiger partial charge in [0.2, 0.25) is 5.78 Å². The van der Waals surface area contributed by atoms with E-state index >= 15 is 0 Å². The summed E-state index contributed by atoms with van der Waals surface area (Å²) in [6.07, 6.45) is 0. The van der Waals surface area contributed by atoms with Crippen molar-refractivity contribution in [3.63, 3.8) is 0 Å². The van der Waals surface area contributed by atoms with Crippen LogP contribution in [-0.4, -0.2) is 23.3 Å². The fourth-order valence-electron chi connectivity index (χ4n) is 2.04. The van der Waals surface area contributed by atoms with Crippen LogP contribution in [0.1, 0.15) is 26.3 Å². The predicted molar refractivity (Wildman–Crippen MR) is 83.9 cm³/mol. The lowest BCUT2D eigenvalue weighted by atomic mass is 10.1. The van der Waals surface area contributed by atoms with Crippen molar-refractivity contribution in [1.29, 1.82) is 0 Å². The van der Waals surface area contributed by atoms with Crippen LogP contribution in [0.5, 0.6) is 0 Å². The molecule has 0 atom stereocenters. The molecule has 0 fully saturated rings. The molecule has 0 aliphatic rings. The lowest BCUT2D eigenvalue weighted by Gasteiger charge is -2.07. The normalized spacial score (nSPS) is 10.2. The molecule has 118 valence electrons. The van der Waals surface area contributed by atoms with Gasteiger partial charge in [-0.15, -0.1) is 0 Å². The van der Waals surface area contributed by atoms with E-state index in [0.29, 0.717) is 5.56 Å². The number of hydrogen-bond donors (Lipinski definition) is 0. The first-order chi connectivity index (χ1) is 10.9. The van der Waals surface area contributed by atoms with Gasteiger partial charge in [-0.1, -0.05) is 35.9 Å². The summed E-state index contributed by atoms with van der Waals surface area (Å²) in [7, 11) is 0. The number of hydrogen-bond acceptors (Lipinski definition) is 5. The van der Waals surface area contributed by atoms with Crippen LogP contribution in [0, 0.1) is 17.0 Å². The number of ether oxygens (including phenoxy) is 1. The maximum absolute atomic E-state index is 12.0. The number of benzene rings is 2. The largest absolute Gasteiger partial charge is 0.454 e. The topological polar surface area (TPSA) is 86.5 Å². The summed E-state index contributed by atoms with van der Waals surface area (Å²) in [4.78, 5) is 34.4. The van der Waals surface area contributed by atoms with Gasteiger partial charge in [-0.25, -0.2) is 4.79 Å². The summed E-state index contributed by atoms with van der Waals surface area (Å²) in [6, 6.07) is 10.7. The van der Waals surface area contributed by atoms with E-state index in [4.69, 9.17) is 16.3 Å². The van der Waals surface area contributed by atoms with E-state index in [0.717, 1.165) is 0 Å². The number of para-hydroxylation sites is 1. The Bertz CT molecular complexity index is 788. The third kappa shape index (κ3) is 3.73. The van der Waals surface area contributed by atoms with Crippen molar-refractivity contribution >= 4 is 29.0 Å². The SMILES string of the molecule is Cc1cccc(C(=O)OCC(=O)c2ccccc2Cl)c1[N+](=O)[O-]. The highest BCUT2D eigenvalue weighted by atomic mass is 35.5. The number of rotatable bonds is 5. The van der Waals surface area contributed by atoms with Crippen LogP contribution in [0.15, 0.2) is 42.5 Å². The Labute approximate surface area is 136 Å². The average Bonchev–Trinajstić information content (AvgIpc) is 2.52. The van der Waals surface area contributed by atoms with Crippen molar-refractivity contribution in [3.8, 4) is 0 Å². The zero-order chi connectivity index (χ0) is 17.0. The molecule has 0 aliphatic carbocycles. The molecule has 0 bridgehead atoms. The highest BCUT2D eigenvalue weighted by molar-refractivity contribution is 6.34. The van der Waals surface area contributed by atoms with Crippen LogP contribution >= 0.6 is 11.6 Å². The van der Waals surface area contributed by atoms with Crippen LogP contribution in [0.3, 0.4) is 0 Å². The molecule has 23 heavy (non-hydrogen) atoms. The second-order valence-corrected chi connectivity index (χ2v) is 5.11. The van der Waals surface area contributed by atoms with Gasteiger partial charge in [0.15, 0.2) is 6.61 Å². The van der Waals surface area contributed by atoms with Crippen LogP contribution in [0.4, 0.5) is 5.69 Å². The summed E-state index contributed by atoms with van der Waals surface area (Å²) in [5.41, 5.74) is 0.0345. The minimum atomic E-state index is -0.930. The first-order valence-corrected chi connectivity index (χ1v) is 6.98. The van der Waals surface area contributed by atoms with Crippen molar-refractivity contribution in [2.45, 2.75) is 6.92 Å². The van der Waals surface area contributed by atoms with Crippen LogP contribution in [0.25, 0.3) is 0 Å². The molecule has 0 unspecified atom stereocenters. The summed E-state index contributed by atoms with van der Waals surface area (Å²) in [5, 5.41) is 11.3. The van der Waals surface area contributed by atoms with E-state index in [1.54, 1.807) is 18.2 Å². The Hall–Kier alpha value is -2.73. The zero-order valence-electron chi connectivity index (χ0n) is 12.1. The third-order valence-corrected chi connectivity index (χ3v) is 3.48. The smallest absolute Gasteiger partial charge is 0.345 e. The molecule has 0 radical (unpaired) electrons. The van der Waals surface area contributed by atoms with Gasteiger partial charge in [0, 0.05) is 11.1 Å². The van der Waals surface area contributed by atoms with Crippen molar-refractivity contribution in [3.05, 3.63) is 74.3 Å². The summed E-state index contributed by atoms with van der Waals surface area (Å²) in [6.45, 7) is 0.970. The zero-order valence-corrected chi connectivity index (χ0v) is 12.9. The van der Waals surface area contributed by atoms with Gasteiger partial charge in [0.1, 0.15) is 5.56 Å². The fourth-order valence-corrected chi connectivity index (χ4v) is 2.28. The lowest BCUT2D eigenvalue weighted by Crippen LogP contribution is -2.16. The van der Waals surface area contributed by atoms with Crippen molar-refractivity contribution in [2.24, 2.45) is 0 Å². The molecule has 2 aromatic carbocycles. The van der Waals surface area contributed by atoms with Crippen LogP contribution in [0.2, 0.25) is 5.02 Å². The average molecular weight is 334 g/mol. The van der Waals surface area contributed by atoms with E-state index in [9.17, 15) is 19.7 Å². The molecule has 0 amide bonds. The van der Waals surface area contributed by atoms with Crippen LogP contribution in [-0.2, 0) is 4.74 Å². The van der Waals surface area contributed by atoms with Crippen molar-refractivity contribution < 1.29 is 19.2 Å². The van der Waals surface area contributed by atoms with Gasteiger partial charge < -0.3 is 4.74 Å². The number of carbonyl (C=O) groups is 2. The van der Waals surface area contributed by atoms with Gasteiger partial charge in [-0.3, -0.25) is 14.9 Å². The quantitative estimate of drug-likeness (QED) is 0.361. The standard InChI is InChI=1S/C16H12ClNO5/c1-10-5-4-7-12(15(10)18(21)22)16(20)23-9-14(19)11-6-2-3-8-13(11)17/h2-8H,9H2,1H3. The number of Topliss-reactive ketones (excluding diaryl/α,β-unsaturated/α-hetero) is 1. The number of nitro benzene ring substituents is 1. The maximum atomic E-state index is 12.0. The Kier molecular flexibility index (Phi) is 5.08. The van der Waals surface area contributed by atoms with E-state index in [2.05, 4.69) is 0 Å². The minimum absolute atomic E-state index is 0.193. The molecule has 0 heterocycles. The second kappa shape index (κ2) is 7.02. The first kappa shape index (κ1) is 16.6. The Morgan fingerprint density at radius 1 is 1.13 bits per heavy atom. The number of halogens is 1. The molecule has 0 saturated carbocycles. The highest BCUT2D eigenvalue weighted by Crippen LogP contribution is 2.24. The predicted octanol–water partition coefficient (Wildman–Crippen LogP) is 3.60.